The number of hydrogen-bond acceptors (Lipinski definition) is 3. The average Bonchev–Trinajstić information content (AvgIpc) is 2.37. The lowest BCUT2D eigenvalue weighted by atomic mass is 10.1. The molecule has 0 spiro atoms. The van der Waals surface area contributed by atoms with Crippen LogP contribution in [-0.2, 0) is 13.1 Å². The molecule has 0 radical (unpaired) electrons. The van der Waals surface area contributed by atoms with E-state index >= 15 is 0 Å². The molecule has 0 fully saturated rings. The zero-order chi connectivity index (χ0) is 12.1. The number of nitrogens with one attached hydrogen (secondary N) is 1. The van der Waals surface area contributed by atoms with Crippen LogP contribution in [-0.4, -0.2) is 0 Å². The molecule has 0 saturated carbocycles. The Labute approximate surface area is 101 Å². The molecule has 0 amide bonds. The highest BCUT2D eigenvalue weighted by Gasteiger charge is 1.96. The molecular weight excluding hydrogens is 210 g/mol. The maximum atomic E-state index is 5.73. The Kier molecular flexibility index (Phi) is 3.62. The fourth-order valence-corrected chi connectivity index (χ4v) is 1.72. The summed E-state index contributed by atoms with van der Waals surface area (Å²) in [6.07, 6.45) is 0. The van der Waals surface area contributed by atoms with Crippen molar-refractivity contribution in [2.24, 2.45) is 5.73 Å². The van der Waals surface area contributed by atoms with Gasteiger partial charge < -0.3 is 16.8 Å². The first-order valence-electron chi connectivity index (χ1n) is 5.65. The lowest BCUT2D eigenvalue weighted by Gasteiger charge is -2.08. The number of nitrogens with two attached hydrogens (primary N) is 2. The smallest absolute Gasteiger partial charge is 0.0401 e. The summed E-state index contributed by atoms with van der Waals surface area (Å²) in [5.74, 6) is 0. The SMILES string of the molecule is NCc1cccc(NCc2cccc(N)c2)c1. The Morgan fingerprint density at radius 2 is 1.71 bits per heavy atom. The molecule has 3 nitrogen and oxygen atoms in total. The van der Waals surface area contributed by atoms with Crippen LogP contribution in [0.15, 0.2) is 48.5 Å². The van der Waals surface area contributed by atoms with Crippen LogP contribution in [0.3, 0.4) is 0 Å². The summed E-state index contributed by atoms with van der Waals surface area (Å²) in [7, 11) is 0. The van der Waals surface area contributed by atoms with Crippen molar-refractivity contribution in [1.29, 1.82) is 0 Å². The second-order valence-electron chi connectivity index (χ2n) is 4.00. The van der Waals surface area contributed by atoms with Gasteiger partial charge in [-0.05, 0) is 35.4 Å². The Balaban J connectivity index is 2.02. The van der Waals surface area contributed by atoms with Crippen molar-refractivity contribution in [3.05, 3.63) is 59.7 Å². The first-order chi connectivity index (χ1) is 8.28. The third kappa shape index (κ3) is 3.23. The van der Waals surface area contributed by atoms with Crippen molar-refractivity contribution < 1.29 is 0 Å². The fraction of sp³-hybridized carbons (Fsp3) is 0.143. The lowest BCUT2D eigenvalue weighted by Crippen LogP contribution is -2.02. The summed E-state index contributed by atoms with van der Waals surface area (Å²) >= 11 is 0. The summed E-state index contributed by atoms with van der Waals surface area (Å²) < 4.78 is 0. The standard InChI is InChI=1S/C14H17N3/c15-9-11-3-2-6-14(8-11)17-10-12-4-1-5-13(16)7-12/h1-8,17H,9-10,15-16H2. The summed E-state index contributed by atoms with van der Waals surface area (Å²) in [5, 5.41) is 3.35. The van der Waals surface area contributed by atoms with Crippen molar-refractivity contribution in [3.63, 3.8) is 0 Å². The van der Waals surface area contributed by atoms with Gasteiger partial charge in [0.15, 0.2) is 0 Å². The molecule has 0 aromatic heterocycles. The first kappa shape index (κ1) is 11.5. The molecule has 0 heterocycles. The minimum absolute atomic E-state index is 0.563. The van der Waals surface area contributed by atoms with Gasteiger partial charge in [-0.15, -0.1) is 0 Å². The average molecular weight is 227 g/mol. The number of hydrogen-bond donors (Lipinski definition) is 3. The predicted molar refractivity (Wildman–Crippen MR) is 72.5 cm³/mol. The normalized spacial score (nSPS) is 10.2. The van der Waals surface area contributed by atoms with Crippen LogP contribution in [0.2, 0.25) is 0 Å². The lowest BCUT2D eigenvalue weighted by molar-refractivity contribution is 1.07. The highest BCUT2D eigenvalue weighted by Crippen LogP contribution is 2.13. The minimum atomic E-state index is 0.563. The zero-order valence-electron chi connectivity index (χ0n) is 9.69. The Morgan fingerprint density at radius 1 is 0.941 bits per heavy atom. The molecule has 0 unspecified atom stereocenters. The second-order valence-corrected chi connectivity index (χ2v) is 4.00. The number of nitrogen functional groups attached to an aromatic ring is 1. The van der Waals surface area contributed by atoms with Crippen LogP contribution in [0.25, 0.3) is 0 Å². The van der Waals surface area contributed by atoms with Gasteiger partial charge in [-0.2, -0.15) is 0 Å². The molecule has 2 aromatic carbocycles. The van der Waals surface area contributed by atoms with Crippen molar-refractivity contribution in [3.8, 4) is 0 Å². The van der Waals surface area contributed by atoms with E-state index in [1.54, 1.807) is 0 Å². The molecule has 88 valence electrons. The van der Waals surface area contributed by atoms with Crippen molar-refractivity contribution in [2.45, 2.75) is 13.1 Å². The van der Waals surface area contributed by atoms with E-state index in [1.807, 2.05) is 36.4 Å². The second kappa shape index (κ2) is 5.37. The van der Waals surface area contributed by atoms with Gasteiger partial charge in [-0.1, -0.05) is 24.3 Å². The Morgan fingerprint density at radius 3 is 2.47 bits per heavy atom. The van der Waals surface area contributed by atoms with E-state index < -0.39 is 0 Å². The van der Waals surface area contributed by atoms with E-state index in [0.29, 0.717) is 6.54 Å². The highest BCUT2D eigenvalue weighted by molar-refractivity contribution is 5.47. The van der Waals surface area contributed by atoms with Crippen molar-refractivity contribution >= 4 is 11.4 Å². The Hall–Kier alpha value is -2.00. The molecule has 0 saturated heterocycles. The monoisotopic (exact) mass is 227 g/mol. The maximum Gasteiger partial charge on any atom is 0.0401 e. The van der Waals surface area contributed by atoms with Crippen LogP contribution in [0, 0.1) is 0 Å². The zero-order valence-corrected chi connectivity index (χ0v) is 9.69. The number of anilines is 2. The van der Waals surface area contributed by atoms with Crippen LogP contribution < -0.4 is 16.8 Å². The maximum absolute atomic E-state index is 5.73. The van der Waals surface area contributed by atoms with Crippen LogP contribution in [0.5, 0.6) is 0 Å². The molecule has 0 aliphatic rings. The molecule has 3 heteroatoms. The van der Waals surface area contributed by atoms with Gasteiger partial charge >= 0.3 is 0 Å². The largest absolute Gasteiger partial charge is 0.399 e. The third-order valence-electron chi connectivity index (χ3n) is 2.61. The van der Waals surface area contributed by atoms with Crippen molar-refractivity contribution in [1.82, 2.24) is 0 Å². The molecular formula is C14H17N3. The summed E-state index contributed by atoms with van der Waals surface area (Å²) in [5.41, 5.74) is 15.5. The fourth-order valence-electron chi connectivity index (χ4n) is 1.72. The van der Waals surface area contributed by atoms with Gasteiger partial charge in [0, 0.05) is 24.5 Å². The third-order valence-corrected chi connectivity index (χ3v) is 2.61. The summed E-state index contributed by atoms with van der Waals surface area (Å²) in [6.45, 7) is 1.33. The van der Waals surface area contributed by atoms with Gasteiger partial charge in [0.2, 0.25) is 0 Å². The van der Waals surface area contributed by atoms with E-state index in [1.165, 1.54) is 5.56 Å². The topological polar surface area (TPSA) is 64.1 Å². The van der Waals surface area contributed by atoms with Crippen LogP contribution in [0.1, 0.15) is 11.1 Å². The van der Waals surface area contributed by atoms with Crippen LogP contribution >= 0.6 is 0 Å². The molecule has 0 atom stereocenters. The van der Waals surface area contributed by atoms with Gasteiger partial charge in [0.1, 0.15) is 0 Å². The molecule has 0 bridgehead atoms. The summed E-state index contributed by atoms with van der Waals surface area (Å²) in [6, 6.07) is 16.0. The van der Waals surface area contributed by atoms with E-state index in [0.717, 1.165) is 23.5 Å². The molecule has 0 aliphatic heterocycles. The van der Waals surface area contributed by atoms with E-state index in [-0.39, 0.29) is 0 Å². The first-order valence-corrected chi connectivity index (χ1v) is 5.65. The summed E-state index contributed by atoms with van der Waals surface area (Å²) in [4.78, 5) is 0. The van der Waals surface area contributed by atoms with Gasteiger partial charge in [-0.25, -0.2) is 0 Å². The molecule has 2 aromatic rings. The van der Waals surface area contributed by atoms with E-state index in [4.69, 9.17) is 11.5 Å². The van der Waals surface area contributed by atoms with Crippen molar-refractivity contribution in [2.75, 3.05) is 11.1 Å². The van der Waals surface area contributed by atoms with E-state index in [9.17, 15) is 0 Å². The van der Waals surface area contributed by atoms with Gasteiger partial charge in [0.05, 0.1) is 0 Å². The predicted octanol–water partition coefficient (Wildman–Crippen LogP) is 2.34. The molecule has 2 rings (SSSR count). The van der Waals surface area contributed by atoms with Crippen LogP contribution in [0.4, 0.5) is 11.4 Å². The molecule has 5 N–H and O–H groups in total. The molecule has 17 heavy (non-hydrogen) atoms. The highest BCUT2D eigenvalue weighted by atomic mass is 14.9. The minimum Gasteiger partial charge on any atom is -0.399 e. The number of benzene rings is 2. The quantitative estimate of drug-likeness (QED) is 0.702. The van der Waals surface area contributed by atoms with Gasteiger partial charge in [0.25, 0.3) is 0 Å². The van der Waals surface area contributed by atoms with Gasteiger partial charge in [-0.3, -0.25) is 0 Å². The Bertz CT molecular complexity index is 494. The van der Waals surface area contributed by atoms with E-state index in [2.05, 4.69) is 17.4 Å². The molecule has 0 aliphatic carbocycles. The number of rotatable bonds is 4.